The largest absolute Gasteiger partial charge is 0.454 e. The molecule has 1 amide bonds. The van der Waals surface area contributed by atoms with E-state index in [1.54, 1.807) is 18.2 Å². The van der Waals surface area contributed by atoms with E-state index in [1.165, 1.54) is 4.31 Å². The second-order valence-electron chi connectivity index (χ2n) is 6.08. The lowest BCUT2D eigenvalue weighted by Gasteiger charge is -2.21. The van der Waals surface area contributed by atoms with Crippen molar-refractivity contribution in [1.29, 1.82) is 0 Å². The van der Waals surface area contributed by atoms with Gasteiger partial charge in [-0.1, -0.05) is 6.07 Å². The van der Waals surface area contributed by atoms with Crippen LogP contribution < -0.4 is 14.8 Å². The van der Waals surface area contributed by atoms with Gasteiger partial charge in [0.15, 0.2) is 11.5 Å². The first kappa shape index (κ1) is 18.0. The third-order valence-corrected chi connectivity index (χ3v) is 5.40. The second-order valence-corrected chi connectivity index (χ2v) is 8.06. The van der Waals surface area contributed by atoms with E-state index in [0.29, 0.717) is 24.5 Å². The van der Waals surface area contributed by atoms with Crippen molar-refractivity contribution in [1.82, 2.24) is 9.62 Å². The van der Waals surface area contributed by atoms with Gasteiger partial charge in [-0.15, -0.1) is 0 Å². The van der Waals surface area contributed by atoms with E-state index in [1.807, 2.05) is 0 Å². The number of carbonyl (C=O) groups is 1. The van der Waals surface area contributed by atoms with Crippen LogP contribution in [0.3, 0.4) is 0 Å². The first-order valence-corrected chi connectivity index (χ1v) is 10.0. The molecule has 0 aromatic heterocycles. The maximum Gasteiger partial charge on any atom is 0.249 e. The van der Waals surface area contributed by atoms with Crippen LogP contribution in [0, 0.1) is 0 Å². The highest BCUT2D eigenvalue weighted by Gasteiger charge is 2.24. The maximum absolute atomic E-state index is 12.0. The van der Waals surface area contributed by atoms with Gasteiger partial charge in [-0.2, -0.15) is 4.31 Å². The van der Waals surface area contributed by atoms with E-state index < -0.39 is 16.1 Å². The molecule has 2 heterocycles. The normalized spacial score (nSPS) is 19.4. The molecule has 1 aromatic rings. The number of benzene rings is 1. The zero-order valence-corrected chi connectivity index (χ0v) is 14.9. The van der Waals surface area contributed by atoms with Crippen molar-refractivity contribution in [3.8, 4) is 11.5 Å². The van der Waals surface area contributed by atoms with Gasteiger partial charge >= 0.3 is 0 Å². The lowest BCUT2D eigenvalue weighted by molar-refractivity contribution is -0.130. The molecule has 1 saturated heterocycles. The second kappa shape index (κ2) is 7.59. The summed E-state index contributed by atoms with van der Waals surface area (Å²) < 4.78 is 41.3. The fourth-order valence-electron chi connectivity index (χ4n) is 2.81. The highest BCUT2D eigenvalue weighted by molar-refractivity contribution is 7.88. The Morgan fingerprint density at radius 3 is 2.84 bits per heavy atom. The van der Waals surface area contributed by atoms with E-state index in [-0.39, 0.29) is 32.3 Å². The summed E-state index contributed by atoms with van der Waals surface area (Å²) in [5.41, 5.74) is 0.792. The minimum absolute atomic E-state index is 0.170. The molecule has 1 N–H and O–H groups in total. The van der Waals surface area contributed by atoms with Crippen LogP contribution in [0.5, 0.6) is 11.5 Å². The van der Waals surface area contributed by atoms with Gasteiger partial charge in [0, 0.05) is 26.2 Å². The third-order valence-electron chi connectivity index (χ3n) is 4.15. The van der Waals surface area contributed by atoms with Gasteiger partial charge < -0.3 is 19.5 Å². The first-order valence-electron chi connectivity index (χ1n) is 8.16. The summed E-state index contributed by atoms with van der Waals surface area (Å²) in [7, 11) is -3.42. The number of hydrogen-bond acceptors (Lipinski definition) is 6. The summed E-state index contributed by atoms with van der Waals surface area (Å²) in [6, 6.07) is 5.33. The minimum Gasteiger partial charge on any atom is -0.454 e. The number of rotatable bonds is 7. The Morgan fingerprint density at radius 1 is 1.32 bits per heavy atom. The number of amides is 1. The summed E-state index contributed by atoms with van der Waals surface area (Å²) in [6.45, 7) is 1.38. The molecular formula is C16H22N2O6S. The predicted molar refractivity (Wildman–Crippen MR) is 89.8 cm³/mol. The molecule has 9 heteroatoms. The molecule has 2 aliphatic heterocycles. The highest BCUT2D eigenvalue weighted by atomic mass is 32.2. The Balaban J connectivity index is 1.57. The predicted octanol–water partition coefficient (Wildman–Crippen LogP) is 0.472. The van der Waals surface area contributed by atoms with Gasteiger partial charge in [-0.25, -0.2) is 8.42 Å². The Labute approximate surface area is 147 Å². The van der Waals surface area contributed by atoms with Gasteiger partial charge in [0.2, 0.25) is 22.7 Å². The van der Waals surface area contributed by atoms with Crippen molar-refractivity contribution >= 4 is 15.9 Å². The molecule has 0 saturated carbocycles. The van der Waals surface area contributed by atoms with E-state index in [9.17, 15) is 13.2 Å². The van der Waals surface area contributed by atoms with Gasteiger partial charge in [0.05, 0.1) is 6.26 Å². The Morgan fingerprint density at radius 2 is 2.12 bits per heavy atom. The van der Waals surface area contributed by atoms with Crippen molar-refractivity contribution in [3.05, 3.63) is 23.8 Å². The lowest BCUT2D eigenvalue weighted by Crippen LogP contribution is -2.41. The number of ether oxygens (including phenoxy) is 3. The van der Waals surface area contributed by atoms with Crippen LogP contribution in [0.4, 0.5) is 0 Å². The summed E-state index contributed by atoms with van der Waals surface area (Å²) in [5, 5.41) is 2.74. The van der Waals surface area contributed by atoms with Gasteiger partial charge in [-0.05, 0) is 30.5 Å². The zero-order valence-electron chi connectivity index (χ0n) is 14.1. The molecule has 1 aromatic carbocycles. The van der Waals surface area contributed by atoms with Crippen molar-refractivity contribution in [3.63, 3.8) is 0 Å². The third kappa shape index (κ3) is 4.62. The van der Waals surface area contributed by atoms with E-state index in [0.717, 1.165) is 18.2 Å². The average Bonchev–Trinajstić information content (AvgIpc) is 3.23. The van der Waals surface area contributed by atoms with Crippen molar-refractivity contribution < 1.29 is 27.4 Å². The van der Waals surface area contributed by atoms with Crippen LogP contribution in [0.2, 0.25) is 0 Å². The molecule has 1 fully saturated rings. The Bertz CT molecular complexity index is 730. The summed E-state index contributed by atoms with van der Waals surface area (Å²) >= 11 is 0. The fraction of sp³-hybridized carbons (Fsp3) is 0.562. The number of nitrogens with zero attached hydrogens (tertiary/aromatic N) is 1. The molecule has 8 nitrogen and oxygen atoms in total. The van der Waals surface area contributed by atoms with Gasteiger partial charge in [-0.3, -0.25) is 4.79 Å². The van der Waals surface area contributed by atoms with E-state index in [2.05, 4.69) is 5.32 Å². The topological polar surface area (TPSA) is 94.2 Å². The molecule has 0 radical (unpaired) electrons. The highest BCUT2D eigenvalue weighted by Crippen LogP contribution is 2.32. The summed E-state index contributed by atoms with van der Waals surface area (Å²) in [5.74, 6) is 1.07. The Kier molecular flexibility index (Phi) is 5.45. The molecule has 3 rings (SSSR count). The monoisotopic (exact) mass is 370 g/mol. The number of fused-ring (bicyclic) bond motifs is 1. The molecule has 138 valence electrons. The molecule has 2 aliphatic rings. The molecule has 1 unspecified atom stereocenters. The quantitative estimate of drug-likeness (QED) is 0.750. The van der Waals surface area contributed by atoms with Crippen molar-refractivity contribution in [2.45, 2.75) is 25.5 Å². The minimum atomic E-state index is -3.42. The van der Waals surface area contributed by atoms with Gasteiger partial charge in [0.1, 0.15) is 6.10 Å². The lowest BCUT2D eigenvalue weighted by atomic mass is 10.2. The number of nitrogens with one attached hydrogen (secondary N) is 1. The summed E-state index contributed by atoms with van der Waals surface area (Å²) in [4.78, 5) is 11.9. The molecule has 0 aliphatic carbocycles. The fourth-order valence-corrected chi connectivity index (χ4v) is 3.61. The van der Waals surface area contributed by atoms with E-state index >= 15 is 0 Å². The molecule has 25 heavy (non-hydrogen) atoms. The zero-order chi connectivity index (χ0) is 17.9. The van der Waals surface area contributed by atoms with Crippen molar-refractivity contribution in [2.24, 2.45) is 0 Å². The standard InChI is InChI=1S/C16H22N2O6S/c1-25(20,21)18(7-6-17-16(19)14-3-2-8-22-14)10-12-4-5-13-15(9-12)24-11-23-13/h4-5,9,14H,2-3,6-8,10-11H2,1H3,(H,17,19). The first-order chi connectivity index (χ1) is 11.9. The van der Waals surface area contributed by atoms with Crippen molar-refractivity contribution in [2.75, 3.05) is 32.7 Å². The summed E-state index contributed by atoms with van der Waals surface area (Å²) in [6.07, 6.45) is 2.32. The van der Waals surface area contributed by atoms with Gasteiger partial charge in [0.25, 0.3) is 0 Å². The van der Waals surface area contributed by atoms with Crippen LogP contribution in [-0.2, 0) is 26.1 Å². The SMILES string of the molecule is CS(=O)(=O)N(CCNC(=O)C1CCCO1)Cc1ccc2c(c1)OCO2. The average molecular weight is 370 g/mol. The van der Waals surface area contributed by atoms with Crippen LogP contribution >= 0.6 is 0 Å². The molecule has 1 atom stereocenters. The van der Waals surface area contributed by atoms with Crippen LogP contribution in [0.1, 0.15) is 18.4 Å². The smallest absolute Gasteiger partial charge is 0.249 e. The molecule has 0 bridgehead atoms. The molecular weight excluding hydrogens is 348 g/mol. The number of carbonyl (C=O) groups excluding carboxylic acids is 1. The van der Waals surface area contributed by atoms with E-state index in [4.69, 9.17) is 14.2 Å². The number of sulfonamides is 1. The van der Waals surface area contributed by atoms with Crippen LogP contribution in [-0.4, -0.2) is 57.5 Å². The van der Waals surface area contributed by atoms with Crippen LogP contribution in [0.15, 0.2) is 18.2 Å². The molecule has 0 spiro atoms. The van der Waals surface area contributed by atoms with Crippen LogP contribution in [0.25, 0.3) is 0 Å². The number of hydrogen-bond donors (Lipinski definition) is 1. The maximum atomic E-state index is 12.0. The Hall–Kier alpha value is -1.84.